The Hall–Kier alpha value is -2.05. The van der Waals surface area contributed by atoms with Crippen molar-refractivity contribution in [3.63, 3.8) is 0 Å². The van der Waals surface area contributed by atoms with E-state index in [-0.39, 0.29) is 5.56 Å². The molecule has 0 aliphatic carbocycles. The standard InChI is InChI=1S/C19H13BrF3NO/c20-10-3-1-9-2-4-18-12(11(9)5-10)7-17(24)19(25-18)13-6-15(22)16(23)8-14(13)21/h1-6,8,17,19H,7,24H2/t17-,19+/m1/s1. The molecule has 3 aromatic carbocycles. The second kappa shape index (κ2) is 6.04. The van der Waals surface area contributed by atoms with Crippen LogP contribution in [0.15, 0.2) is 46.9 Å². The van der Waals surface area contributed by atoms with E-state index >= 15 is 0 Å². The monoisotopic (exact) mass is 407 g/mol. The van der Waals surface area contributed by atoms with Gasteiger partial charge in [0.1, 0.15) is 17.7 Å². The van der Waals surface area contributed by atoms with Crippen LogP contribution in [0.3, 0.4) is 0 Å². The Morgan fingerprint density at radius 2 is 1.68 bits per heavy atom. The highest BCUT2D eigenvalue weighted by molar-refractivity contribution is 9.10. The van der Waals surface area contributed by atoms with Crippen LogP contribution in [-0.2, 0) is 6.42 Å². The molecule has 2 N–H and O–H groups in total. The summed E-state index contributed by atoms with van der Waals surface area (Å²) in [6.07, 6.45) is -0.445. The van der Waals surface area contributed by atoms with Gasteiger partial charge < -0.3 is 10.5 Å². The zero-order chi connectivity index (χ0) is 17.7. The van der Waals surface area contributed by atoms with Gasteiger partial charge in [-0.25, -0.2) is 13.2 Å². The summed E-state index contributed by atoms with van der Waals surface area (Å²) in [5.41, 5.74) is 7.04. The SMILES string of the molecule is N[C@@H]1Cc2c(ccc3ccc(Br)cc23)O[C@H]1c1cc(F)c(F)cc1F. The van der Waals surface area contributed by atoms with Crippen LogP contribution in [0.25, 0.3) is 10.8 Å². The molecule has 0 amide bonds. The quantitative estimate of drug-likeness (QED) is 0.574. The Kier molecular flexibility index (Phi) is 3.96. The molecular formula is C19H13BrF3NO. The maximum Gasteiger partial charge on any atom is 0.161 e. The molecule has 0 unspecified atom stereocenters. The van der Waals surface area contributed by atoms with E-state index in [1.54, 1.807) is 6.07 Å². The van der Waals surface area contributed by atoms with Gasteiger partial charge in [0.15, 0.2) is 11.6 Å². The predicted molar refractivity (Wildman–Crippen MR) is 93.0 cm³/mol. The molecule has 3 aromatic rings. The average molecular weight is 408 g/mol. The Balaban J connectivity index is 1.81. The summed E-state index contributed by atoms with van der Waals surface area (Å²) in [5.74, 6) is -2.66. The highest BCUT2D eigenvalue weighted by Crippen LogP contribution is 2.39. The van der Waals surface area contributed by atoms with E-state index in [4.69, 9.17) is 10.5 Å². The molecule has 0 fully saturated rings. The summed E-state index contributed by atoms with van der Waals surface area (Å²) in [7, 11) is 0. The minimum Gasteiger partial charge on any atom is -0.484 e. The number of ether oxygens (including phenoxy) is 1. The minimum absolute atomic E-state index is 0.0774. The van der Waals surface area contributed by atoms with Crippen LogP contribution in [0, 0.1) is 17.5 Å². The highest BCUT2D eigenvalue weighted by atomic mass is 79.9. The lowest BCUT2D eigenvalue weighted by Gasteiger charge is -2.32. The lowest BCUT2D eigenvalue weighted by molar-refractivity contribution is 0.149. The zero-order valence-electron chi connectivity index (χ0n) is 12.9. The molecule has 0 aromatic heterocycles. The first-order valence-electron chi connectivity index (χ1n) is 7.72. The van der Waals surface area contributed by atoms with Gasteiger partial charge in [0.2, 0.25) is 0 Å². The molecule has 1 aliphatic heterocycles. The summed E-state index contributed by atoms with van der Waals surface area (Å²) in [4.78, 5) is 0. The lowest BCUT2D eigenvalue weighted by Crippen LogP contribution is -2.38. The van der Waals surface area contributed by atoms with Gasteiger partial charge in [-0.2, -0.15) is 0 Å². The van der Waals surface area contributed by atoms with Crippen LogP contribution in [0.5, 0.6) is 5.75 Å². The van der Waals surface area contributed by atoms with Crippen LogP contribution >= 0.6 is 15.9 Å². The van der Waals surface area contributed by atoms with Crippen molar-refractivity contribution in [2.45, 2.75) is 18.6 Å². The molecule has 0 saturated carbocycles. The summed E-state index contributed by atoms with van der Waals surface area (Å²) >= 11 is 3.45. The number of nitrogens with two attached hydrogens (primary N) is 1. The van der Waals surface area contributed by atoms with Crippen LogP contribution in [0.1, 0.15) is 17.2 Å². The van der Waals surface area contributed by atoms with Gasteiger partial charge in [-0.05, 0) is 41.5 Å². The molecule has 128 valence electrons. The Bertz CT molecular complexity index is 992. The predicted octanol–water partition coefficient (Wildman–Crippen LogP) is 5.02. The maximum absolute atomic E-state index is 14.1. The van der Waals surface area contributed by atoms with E-state index in [1.807, 2.05) is 24.3 Å². The molecule has 6 heteroatoms. The fourth-order valence-corrected chi connectivity index (χ4v) is 3.63. The number of hydrogen-bond acceptors (Lipinski definition) is 2. The molecule has 25 heavy (non-hydrogen) atoms. The second-order valence-electron chi connectivity index (χ2n) is 6.10. The fourth-order valence-electron chi connectivity index (χ4n) is 3.27. The molecule has 2 atom stereocenters. The van der Waals surface area contributed by atoms with Gasteiger partial charge in [0, 0.05) is 21.7 Å². The van der Waals surface area contributed by atoms with Gasteiger partial charge in [-0.1, -0.05) is 28.1 Å². The number of hydrogen-bond donors (Lipinski definition) is 1. The number of fused-ring (bicyclic) bond motifs is 3. The first-order chi connectivity index (χ1) is 11.9. The van der Waals surface area contributed by atoms with Gasteiger partial charge in [0.25, 0.3) is 0 Å². The number of halogens is 4. The summed E-state index contributed by atoms with van der Waals surface area (Å²) in [6, 6.07) is 10.3. The van der Waals surface area contributed by atoms with Crippen molar-refractivity contribution in [3.8, 4) is 5.75 Å². The van der Waals surface area contributed by atoms with Crippen molar-refractivity contribution in [1.29, 1.82) is 0 Å². The van der Waals surface area contributed by atoms with E-state index in [0.29, 0.717) is 18.2 Å². The van der Waals surface area contributed by atoms with Crippen molar-refractivity contribution in [3.05, 3.63) is 75.5 Å². The van der Waals surface area contributed by atoms with Crippen molar-refractivity contribution in [2.75, 3.05) is 0 Å². The lowest BCUT2D eigenvalue weighted by atomic mass is 9.90. The molecule has 0 spiro atoms. The Morgan fingerprint density at radius 3 is 2.48 bits per heavy atom. The van der Waals surface area contributed by atoms with E-state index in [1.165, 1.54) is 0 Å². The molecular weight excluding hydrogens is 395 g/mol. The summed E-state index contributed by atoms with van der Waals surface area (Å²) in [5, 5.41) is 2.03. The molecule has 1 aliphatic rings. The highest BCUT2D eigenvalue weighted by Gasteiger charge is 2.32. The van der Waals surface area contributed by atoms with E-state index in [0.717, 1.165) is 26.9 Å². The van der Waals surface area contributed by atoms with Crippen molar-refractivity contribution in [1.82, 2.24) is 0 Å². The molecule has 1 heterocycles. The first kappa shape index (κ1) is 16.4. The largest absolute Gasteiger partial charge is 0.484 e. The number of rotatable bonds is 1. The van der Waals surface area contributed by atoms with E-state index in [9.17, 15) is 13.2 Å². The van der Waals surface area contributed by atoms with E-state index < -0.39 is 29.6 Å². The van der Waals surface area contributed by atoms with Crippen LogP contribution in [-0.4, -0.2) is 6.04 Å². The maximum atomic E-state index is 14.1. The normalized spacial score (nSPS) is 19.6. The first-order valence-corrected chi connectivity index (χ1v) is 8.51. The van der Waals surface area contributed by atoms with Crippen LogP contribution < -0.4 is 10.5 Å². The van der Waals surface area contributed by atoms with Crippen molar-refractivity contribution < 1.29 is 17.9 Å². The van der Waals surface area contributed by atoms with Gasteiger partial charge in [-0.15, -0.1) is 0 Å². The third-order valence-corrected chi connectivity index (χ3v) is 4.97. The van der Waals surface area contributed by atoms with Gasteiger partial charge in [-0.3, -0.25) is 0 Å². The van der Waals surface area contributed by atoms with Gasteiger partial charge in [0.05, 0.1) is 6.04 Å². The molecule has 4 rings (SSSR count). The third kappa shape index (κ3) is 2.79. The molecule has 0 radical (unpaired) electrons. The summed E-state index contributed by atoms with van der Waals surface area (Å²) in [6.45, 7) is 0. The van der Waals surface area contributed by atoms with Gasteiger partial charge >= 0.3 is 0 Å². The van der Waals surface area contributed by atoms with Crippen LogP contribution in [0.4, 0.5) is 13.2 Å². The minimum atomic E-state index is -1.23. The topological polar surface area (TPSA) is 35.2 Å². The summed E-state index contributed by atoms with van der Waals surface area (Å²) < 4.78 is 47.7. The molecule has 0 bridgehead atoms. The third-order valence-electron chi connectivity index (χ3n) is 4.48. The average Bonchev–Trinajstić information content (AvgIpc) is 2.58. The number of benzene rings is 3. The zero-order valence-corrected chi connectivity index (χ0v) is 14.5. The Morgan fingerprint density at radius 1 is 0.960 bits per heavy atom. The van der Waals surface area contributed by atoms with Crippen molar-refractivity contribution >= 4 is 26.7 Å². The Labute approximate surface area is 150 Å². The van der Waals surface area contributed by atoms with Crippen LogP contribution in [0.2, 0.25) is 0 Å². The molecule has 2 nitrogen and oxygen atoms in total. The molecule has 0 saturated heterocycles. The fraction of sp³-hybridized carbons (Fsp3) is 0.158. The smallest absolute Gasteiger partial charge is 0.161 e. The van der Waals surface area contributed by atoms with Crippen molar-refractivity contribution in [2.24, 2.45) is 5.73 Å². The second-order valence-corrected chi connectivity index (χ2v) is 7.02. The van der Waals surface area contributed by atoms with E-state index in [2.05, 4.69) is 15.9 Å².